The van der Waals surface area contributed by atoms with E-state index in [4.69, 9.17) is 0 Å². The molecule has 3 N–H and O–H groups in total. The van der Waals surface area contributed by atoms with Gasteiger partial charge in [0.05, 0.1) is 12.1 Å². The summed E-state index contributed by atoms with van der Waals surface area (Å²) in [6.45, 7) is -0.211. The first-order valence-corrected chi connectivity index (χ1v) is 7.86. The number of carbonyl (C=O) groups is 1. The van der Waals surface area contributed by atoms with Gasteiger partial charge in [-0.25, -0.2) is 9.78 Å². The number of urea groups is 1. The van der Waals surface area contributed by atoms with Crippen molar-refractivity contribution < 1.29 is 9.90 Å². The minimum absolute atomic E-state index is 0.0466. The van der Waals surface area contributed by atoms with E-state index in [2.05, 4.69) is 15.6 Å². The zero-order valence-corrected chi connectivity index (χ0v) is 13.5. The Bertz CT molecular complexity index is 817. The van der Waals surface area contributed by atoms with E-state index < -0.39 is 17.1 Å². The number of benzene rings is 1. The maximum atomic E-state index is 12.4. The molecular weight excluding hydrogens is 308 g/mol. The van der Waals surface area contributed by atoms with E-state index in [0.717, 1.165) is 24.0 Å². The molecule has 1 aliphatic rings. The summed E-state index contributed by atoms with van der Waals surface area (Å²) in [5.74, 6) is -0.0466. The van der Waals surface area contributed by atoms with Gasteiger partial charge in [-0.05, 0) is 30.4 Å². The van der Waals surface area contributed by atoms with Gasteiger partial charge in [0.25, 0.3) is 5.56 Å². The first-order chi connectivity index (χ1) is 11.6. The fourth-order valence-electron chi connectivity index (χ4n) is 3.19. The number of rotatable bonds is 3. The number of anilines is 1. The number of aliphatic hydroxyl groups is 1. The maximum Gasteiger partial charge on any atom is 0.321 e. The quantitative estimate of drug-likeness (QED) is 0.787. The van der Waals surface area contributed by atoms with Gasteiger partial charge >= 0.3 is 6.03 Å². The SMILES string of the molecule is Cn1ccnc(NC(=O)N[C@]2(CO)CCCc3ccccc32)c1=O. The summed E-state index contributed by atoms with van der Waals surface area (Å²) in [6.07, 6.45) is 5.37. The van der Waals surface area contributed by atoms with Crippen molar-refractivity contribution in [2.45, 2.75) is 24.8 Å². The van der Waals surface area contributed by atoms with E-state index in [-0.39, 0.29) is 12.4 Å². The van der Waals surface area contributed by atoms with Gasteiger partial charge < -0.3 is 15.0 Å². The van der Waals surface area contributed by atoms with Crippen LogP contribution < -0.4 is 16.2 Å². The molecule has 0 bridgehead atoms. The Morgan fingerprint density at radius 2 is 2.21 bits per heavy atom. The topological polar surface area (TPSA) is 96.2 Å². The van der Waals surface area contributed by atoms with Crippen LogP contribution in [0.25, 0.3) is 0 Å². The Morgan fingerprint density at radius 1 is 1.42 bits per heavy atom. The van der Waals surface area contributed by atoms with Crippen molar-refractivity contribution in [3.05, 3.63) is 58.1 Å². The third-order valence-corrected chi connectivity index (χ3v) is 4.45. The average molecular weight is 328 g/mol. The average Bonchev–Trinajstić information content (AvgIpc) is 2.59. The molecule has 1 aromatic heterocycles. The van der Waals surface area contributed by atoms with Gasteiger partial charge in [0.2, 0.25) is 5.82 Å². The zero-order valence-electron chi connectivity index (χ0n) is 13.5. The third-order valence-electron chi connectivity index (χ3n) is 4.45. The van der Waals surface area contributed by atoms with E-state index in [1.807, 2.05) is 24.3 Å². The van der Waals surface area contributed by atoms with Crippen molar-refractivity contribution in [2.24, 2.45) is 7.05 Å². The molecule has 126 valence electrons. The molecule has 0 spiro atoms. The highest BCUT2D eigenvalue weighted by Gasteiger charge is 2.37. The lowest BCUT2D eigenvalue weighted by Gasteiger charge is -2.38. The number of nitrogens with one attached hydrogen (secondary N) is 2. The molecule has 2 aromatic rings. The molecule has 24 heavy (non-hydrogen) atoms. The van der Waals surface area contributed by atoms with Crippen molar-refractivity contribution in [2.75, 3.05) is 11.9 Å². The van der Waals surface area contributed by atoms with Gasteiger partial charge in [0, 0.05) is 19.4 Å². The molecule has 0 radical (unpaired) electrons. The van der Waals surface area contributed by atoms with Crippen LogP contribution >= 0.6 is 0 Å². The molecule has 0 saturated heterocycles. The summed E-state index contributed by atoms with van der Waals surface area (Å²) < 4.78 is 1.33. The Morgan fingerprint density at radius 3 is 3.00 bits per heavy atom. The van der Waals surface area contributed by atoms with Crippen LogP contribution in [0.1, 0.15) is 24.0 Å². The van der Waals surface area contributed by atoms with Crippen molar-refractivity contribution in [3.8, 4) is 0 Å². The summed E-state index contributed by atoms with van der Waals surface area (Å²) in [5.41, 5.74) is 0.795. The molecule has 0 aliphatic heterocycles. The van der Waals surface area contributed by atoms with Crippen molar-refractivity contribution in [1.82, 2.24) is 14.9 Å². The van der Waals surface area contributed by atoms with Gasteiger partial charge in [-0.15, -0.1) is 0 Å². The van der Waals surface area contributed by atoms with E-state index >= 15 is 0 Å². The second-order valence-corrected chi connectivity index (χ2v) is 6.02. The van der Waals surface area contributed by atoms with Crippen LogP contribution in [0.5, 0.6) is 0 Å². The summed E-state index contributed by atoms with van der Waals surface area (Å²) in [5, 5.41) is 15.3. The lowest BCUT2D eigenvalue weighted by atomic mass is 9.77. The number of aryl methyl sites for hydroxylation is 2. The van der Waals surface area contributed by atoms with E-state index in [9.17, 15) is 14.7 Å². The van der Waals surface area contributed by atoms with E-state index in [1.165, 1.54) is 17.0 Å². The first kappa shape index (κ1) is 16.2. The van der Waals surface area contributed by atoms with Gasteiger partial charge in [-0.1, -0.05) is 24.3 Å². The van der Waals surface area contributed by atoms with Gasteiger partial charge in [-0.3, -0.25) is 10.1 Å². The molecule has 1 aromatic carbocycles. The fourth-order valence-corrected chi connectivity index (χ4v) is 3.19. The second kappa shape index (κ2) is 6.45. The molecule has 0 fully saturated rings. The number of amides is 2. The number of nitrogens with zero attached hydrogens (tertiary/aromatic N) is 2. The molecule has 2 amide bonds. The van der Waals surface area contributed by atoms with Crippen molar-refractivity contribution in [1.29, 1.82) is 0 Å². The first-order valence-electron chi connectivity index (χ1n) is 7.86. The van der Waals surface area contributed by atoms with E-state index in [1.54, 1.807) is 7.05 Å². The summed E-state index contributed by atoms with van der Waals surface area (Å²) in [6, 6.07) is 7.21. The Kier molecular flexibility index (Phi) is 4.35. The van der Waals surface area contributed by atoms with Gasteiger partial charge in [-0.2, -0.15) is 0 Å². The van der Waals surface area contributed by atoms with Crippen LogP contribution in [0.2, 0.25) is 0 Å². The minimum atomic E-state index is -0.848. The van der Waals surface area contributed by atoms with E-state index in [0.29, 0.717) is 6.42 Å². The Hall–Kier alpha value is -2.67. The highest BCUT2D eigenvalue weighted by Crippen LogP contribution is 2.35. The standard InChI is InChI=1S/C17H20N4O3/c1-21-10-9-18-14(15(21)23)19-16(24)20-17(11-22)8-4-6-12-5-2-3-7-13(12)17/h2-3,5,7,9-10,22H,4,6,8,11H2,1H3,(H2,18,19,20,24)/t17-/m0/s1. The molecule has 0 saturated carbocycles. The molecule has 1 heterocycles. The number of hydrogen-bond acceptors (Lipinski definition) is 4. The lowest BCUT2D eigenvalue weighted by molar-refractivity contribution is 0.147. The molecule has 7 heteroatoms. The van der Waals surface area contributed by atoms with Crippen LogP contribution in [-0.4, -0.2) is 27.3 Å². The predicted molar refractivity (Wildman–Crippen MR) is 89.8 cm³/mol. The largest absolute Gasteiger partial charge is 0.394 e. The third kappa shape index (κ3) is 2.90. The zero-order chi connectivity index (χ0) is 17.2. The molecule has 0 unspecified atom stereocenters. The number of aliphatic hydroxyl groups excluding tert-OH is 1. The summed E-state index contributed by atoms with van der Waals surface area (Å²) in [7, 11) is 1.58. The second-order valence-electron chi connectivity index (χ2n) is 6.02. The Balaban J connectivity index is 1.85. The van der Waals surface area contributed by atoms with Crippen LogP contribution in [-0.2, 0) is 19.0 Å². The normalized spacial score (nSPS) is 19.4. The van der Waals surface area contributed by atoms with Crippen LogP contribution in [0, 0.1) is 0 Å². The number of fused-ring (bicyclic) bond motifs is 1. The lowest BCUT2D eigenvalue weighted by Crippen LogP contribution is -2.52. The number of hydrogen-bond donors (Lipinski definition) is 3. The fraction of sp³-hybridized carbons (Fsp3) is 0.353. The number of aromatic nitrogens is 2. The monoisotopic (exact) mass is 328 g/mol. The predicted octanol–water partition coefficient (Wildman–Crippen LogP) is 1.13. The molecule has 1 atom stereocenters. The highest BCUT2D eigenvalue weighted by atomic mass is 16.3. The summed E-state index contributed by atoms with van der Waals surface area (Å²) >= 11 is 0. The van der Waals surface area contributed by atoms with Crippen LogP contribution in [0.15, 0.2) is 41.5 Å². The van der Waals surface area contributed by atoms with Crippen LogP contribution in [0.4, 0.5) is 10.6 Å². The molecule has 3 rings (SSSR count). The Labute approximate surface area is 139 Å². The van der Waals surface area contributed by atoms with Crippen molar-refractivity contribution in [3.63, 3.8) is 0 Å². The maximum absolute atomic E-state index is 12.4. The van der Waals surface area contributed by atoms with Gasteiger partial charge in [0.15, 0.2) is 0 Å². The molecule has 7 nitrogen and oxygen atoms in total. The van der Waals surface area contributed by atoms with Crippen molar-refractivity contribution >= 4 is 11.8 Å². The smallest absolute Gasteiger partial charge is 0.321 e. The van der Waals surface area contributed by atoms with Crippen LogP contribution in [0.3, 0.4) is 0 Å². The number of carbonyl (C=O) groups excluding carboxylic acids is 1. The molecular formula is C17H20N4O3. The van der Waals surface area contributed by atoms with Gasteiger partial charge in [0.1, 0.15) is 0 Å². The summed E-state index contributed by atoms with van der Waals surface area (Å²) in [4.78, 5) is 28.2. The minimum Gasteiger partial charge on any atom is -0.394 e. The highest BCUT2D eigenvalue weighted by molar-refractivity contribution is 5.88. The molecule has 1 aliphatic carbocycles.